The maximum atomic E-state index is 4.49. The van der Waals surface area contributed by atoms with Crippen molar-refractivity contribution in [2.75, 3.05) is 6.54 Å². The molecule has 0 amide bonds. The Balaban J connectivity index is 1.58. The second kappa shape index (κ2) is 4.58. The molecule has 1 saturated carbocycles. The minimum atomic E-state index is 0.688. The predicted octanol–water partition coefficient (Wildman–Crippen LogP) is 2.29. The number of nitrogens with one attached hydrogen (secondary N) is 1. The van der Waals surface area contributed by atoms with E-state index in [1.165, 1.54) is 50.6 Å². The molecule has 3 rings (SSSR count). The first-order valence-corrected chi connectivity index (χ1v) is 6.68. The number of piperidine rings is 1. The Morgan fingerprint density at radius 1 is 1.25 bits per heavy atom. The molecule has 2 heterocycles. The molecule has 16 heavy (non-hydrogen) atoms. The van der Waals surface area contributed by atoms with Crippen LogP contribution in [0.15, 0.2) is 12.4 Å². The highest BCUT2D eigenvalue weighted by molar-refractivity contribution is 5.07. The lowest BCUT2D eigenvalue weighted by Gasteiger charge is -2.25. The summed E-state index contributed by atoms with van der Waals surface area (Å²) in [5.74, 6) is 0. The summed E-state index contributed by atoms with van der Waals surface area (Å²) in [5, 5.41) is 8.09. The fraction of sp³-hybridized carbons (Fsp3) is 0.769. The van der Waals surface area contributed by atoms with Crippen LogP contribution in [-0.4, -0.2) is 22.4 Å². The van der Waals surface area contributed by atoms with Gasteiger partial charge in [0.05, 0.1) is 12.2 Å². The van der Waals surface area contributed by atoms with E-state index < -0.39 is 0 Å². The van der Waals surface area contributed by atoms with Crippen LogP contribution < -0.4 is 5.32 Å². The molecule has 0 radical (unpaired) electrons. The lowest BCUT2D eigenvalue weighted by Crippen LogP contribution is -2.35. The molecular weight excluding hydrogens is 198 g/mol. The lowest BCUT2D eigenvalue weighted by molar-refractivity contribution is 0.289. The molecule has 3 nitrogen and oxygen atoms in total. The van der Waals surface area contributed by atoms with Gasteiger partial charge in [-0.1, -0.05) is 6.42 Å². The standard InChI is InChI=1S/C13H21N3/c1-2-7-14-12(4-1)8-11-9-15-16(10-11)13-5-3-6-13/h9-10,12-14H,1-8H2. The van der Waals surface area contributed by atoms with E-state index in [0.717, 1.165) is 6.42 Å². The predicted molar refractivity (Wildman–Crippen MR) is 64.5 cm³/mol. The van der Waals surface area contributed by atoms with Crippen LogP contribution in [-0.2, 0) is 6.42 Å². The van der Waals surface area contributed by atoms with Gasteiger partial charge in [-0.05, 0) is 50.6 Å². The van der Waals surface area contributed by atoms with Gasteiger partial charge in [0.1, 0.15) is 0 Å². The Morgan fingerprint density at radius 3 is 2.88 bits per heavy atom. The third-order valence-corrected chi connectivity index (χ3v) is 4.00. The number of rotatable bonds is 3. The minimum absolute atomic E-state index is 0.688. The molecule has 0 aromatic carbocycles. The molecule has 2 aliphatic rings. The van der Waals surface area contributed by atoms with E-state index in [0.29, 0.717) is 12.1 Å². The molecule has 3 heteroatoms. The van der Waals surface area contributed by atoms with E-state index in [2.05, 4.69) is 27.5 Å². The number of hydrogen-bond acceptors (Lipinski definition) is 2. The smallest absolute Gasteiger partial charge is 0.0522 e. The zero-order valence-electron chi connectivity index (χ0n) is 9.86. The first-order valence-electron chi connectivity index (χ1n) is 6.68. The summed E-state index contributed by atoms with van der Waals surface area (Å²) in [7, 11) is 0. The summed E-state index contributed by atoms with van der Waals surface area (Å²) in [6.07, 6.45) is 13.6. The fourth-order valence-electron chi connectivity index (χ4n) is 2.72. The van der Waals surface area contributed by atoms with Crippen LogP contribution in [0.2, 0.25) is 0 Å². The van der Waals surface area contributed by atoms with E-state index in [9.17, 15) is 0 Å². The van der Waals surface area contributed by atoms with Gasteiger partial charge in [0.15, 0.2) is 0 Å². The average Bonchev–Trinajstić information content (AvgIpc) is 2.65. The Labute approximate surface area is 97.2 Å². The van der Waals surface area contributed by atoms with Crippen LogP contribution in [0, 0.1) is 0 Å². The molecule has 1 aliphatic carbocycles. The highest BCUT2D eigenvalue weighted by atomic mass is 15.3. The second-order valence-electron chi connectivity index (χ2n) is 5.26. The summed E-state index contributed by atoms with van der Waals surface area (Å²) in [5.41, 5.74) is 1.41. The van der Waals surface area contributed by atoms with Gasteiger partial charge >= 0.3 is 0 Å². The van der Waals surface area contributed by atoms with Crippen LogP contribution in [0.3, 0.4) is 0 Å². The van der Waals surface area contributed by atoms with Crippen molar-refractivity contribution < 1.29 is 0 Å². The highest BCUT2D eigenvalue weighted by Gasteiger charge is 2.20. The van der Waals surface area contributed by atoms with Crippen LogP contribution in [0.1, 0.15) is 50.1 Å². The maximum Gasteiger partial charge on any atom is 0.0522 e. The molecule has 1 aromatic heterocycles. The third kappa shape index (κ3) is 2.14. The minimum Gasteiger partial charge on any atom is -0.314 e. The van der Waals surface area contributed by atoms with Gasteiger partial charge < -0.3 is 5.32 Å². The molecule has 1 N–H and O–H groups in total. The first-order chi connectivity index (χ1) is 7.92. The molecule has 0 spiro atoms. The van der Waals surface area contributed by atoms with Crippen molar-refractivity contribution in [1.29, 1.82) is 0 Å². The summed E-state index contributed by atoms with van der Waals surface area (Å²) in [4.78, 5) is 0. The Kier molecular flexibility index (Phi) is 2.96. The monoisotopic (exact) mass is 219 g/mol. The first kappa shape index (κ1) is 10.3. The number of aromatic nitrogens is 2. The van der Waals surface area contributed by atoms with E-state index in [1.54, 1.807) is 0 Å². The van der Waals surface area contributed by atoms with E-state index in [1.807, 2.05) is 0 Å². The molecule has 1 unspecified atom stereocenters. The average molecular weight is 219 g/mol. The van der Waals surface area contributed by atoms with E-state index >= 15 is 0 Å². The van der Waals surface area contributed by atoms with Crippen LogP contribution in [0.25, 0.3) is 0 Å². The van der Waals surface area contributed by atoms with Crippen molar-refractivity contribution in [2.45, 2.75) is 57.0 Å². The Bertz CT molecular complexity index is 335. The van der Waals surface area contributed by atoms with Gasteiger partial charge in [-0.3, -0.25) is 4.68 Å². The molecule has 1 atom stereocenters. The van der Waals surface area contributed by atoms with Crippen LogP contribution in [0.5, 0.6) is 0 Å². The molecule has 1 saturated heterocycles. The summed E-state index contributed by atoms with van der Waals surface area (Å²) in [6, 6.07) is 1.39. The SMILES string of the molecule is c1nn(C2CCC2)cc1CC1CCCCN1. The summed E-state index contributed by atoms with van der Waals surface area (Å²) >= 11 is 0. The molecule has 1 aliphatic heterocycles. The Hall–Kier alpha value is -0.830. The van der Waals surface area contributed by atoms with E-state index in [4.69, 9.17) is 0 Å². The fourth-order valence-corrected chi connectivity index (χ4v) is 2.72. The number of nitrogens with zero attached hydrogens (tertiary/aromatic N) is 2. The quantitative estimate of drug-likeness (QED) is 0.845. The van der Waals surface area contributed by atoms with Gasteiger partial charge in [-0.25, -0.2) is 0 Å². The zero-order chi connectivity index (χ0) is 10.8. The lowest BCUT2D eigenvalue weighted by atomic mass is 9.93. The van der Waals surface area contributed by atoms with Gasteiger partial charge in [-0.2, -0.15) is 5.10 Å². The van der Waals surface area contributed by atoms with Crippen molar-refractivity contribution in [3.8, 4) is 0 Å². The normalized spacial score (nSPS) is 26.6. The molecule has 2 fully saturated rings. The molecule has 88 valence electrons. The van der Waals surface area contributed by atoms with Crippen LogP contribution >= 0.6 is 0 Å². The van der Waals surface area contributed by atoms with Crippen molar-refractivity contribution in [3.63, 3.8) is 0 Å². The van der Waals surface area contributed by atoms with Crippen LogP contribution in [0.4, 0.5) is 0 Å². The van der Waals surface area contributed by atoms with E-state index in [-0.39, 0.29) is 0 Å². The van der Waals surface area contributed by atoms with Crippen molar-refractivity contribution >= 4 is 0 Å². The summed E-state index contributed by atoms with van der Waals surface area (Å²) in [6.45, 7) is 1.20. The third-order valence-electron chi connectivity index (χ3n) is 4.00. The van der Waals surface area contributed by atoms with Gasteiger partial charge in [-0.15, -0.1) is 0 Å². The van der Waals surface area contributed by atoms with Crippen molar-refractivity contribution in [1.82, 2.24) is 15.1 Å². The van der Waals surface area contributed by atoms with Crippen molar-refractivity contribution in [2.24, 2.45) is 0 Å². The maximum absolute atomic E-state index is 4.49. The summed E-state index contributed by atoms with van der Waals surface area (Å²) < 4.78 is 2.18. The zero-order valence-corrected chi connectivity index (χ0v) is 9.86. The van der Waals surface area contributed by atoms with Gasteiger partial charge in [0, 0.05) is 12.2 Å². The van der Waals surface area contributed by atoms with Gasteiger partial charge in [0.25, 0.3) is 0 Å². The van der Waals surface area contributed by atoms with Gasteiger partial charge in [0.2, 0.25) is 0 Å². The molecular formula is C13H21N3. The Morgan fingerprint density at radius 2 is 2.19 bits per heavy atom. The van der Waals surface area contributed by atoms with Crippen molar-refractivity contribution in [3.05, 3.63) is 18.0 Å². The molecule has 1 aromatic rings. The number of hydrogen-bond donors (Lipinski definition) is 1. The largest absolute Gasteiger partial charge is 0.314 e. The highest BCUT2D eigenvalue weighted by Crippen LogP contribution is 2.30. The molecule has 0 bridgehead atoms. The second-order valence-corrected chi connectivity index (χ2v) is 5.26. The topological polar surface area (TPSA) is 29.9 Å².